The average Bonchev–Trinajstić information content (AvgIpc) is 2.95. The Balaban J connectivity index is 1.70. The molecule has 1 saturated carbocycles. The van der Waals surface area contributed by atoms with Gasteiger partial charge in [0.1, 0.15) is 0 Å². The van der Waals surface area contributed by atoms with Crippen molar-refractivity contribution < 1.29 is 22.8 Å². The maximum absolute atomic E-state index is 12.4. The van der Waals surface area contributed by atoms with Crippen molar-refractivity contribution in [1.82, 2.24) is 14.7 Å². The Morgan fingerprint density at radius 2 is 2.20 bits per heavy atom. The first-order valence-electron chi connectivity index (χ1n) is 6.16. The Morgan fingerprint density at radius 3 is 2.85 bits per heavy atom. The van der Waals surface area contributed by atoms with Crippen LogP contribution in [0.2, 0.25) is 0 Å². The lowest BCUT2D eigenvalue weighted by Crippen LogP contribution is -2.19. The van der Waals surface area contributed by atoms with Crippen LogP contribution in [0.5, 0.6) is 0 Å². The van der Waals surface area contributed by atoms with Crippen molar-refractivity contribution in [3.8, 4) is 0 Å². The summed E-state index contributed by atoms with van der Waals surface area (Å²) in [7, 11) is 0. The summed E-state index contributed by atoms with van der Waals surface area (Å²) in [6.07, 6.45) is -2.41. The van der Waals surface area contributed by atoms with Crippen LogP contribution in [0.4, 0.5) is 13.2 Å². The molecular weight excluding hydrogens is 275 g/mol. The van der Waals surface area contributed by atoms with Crippen LogP contribution >= 0.6 is 0 Å². The fourth-order valence-corrected chi connectivity index (χ4v) is 1.90. The fraction of sp³-hybridized carbons (Fsp3) is 0.500. The molecule has 0 radical (unpaired) electrons. The monoisotopic (exact) mass is 287 g/mol. The van der Waals surface area contributed by atoms with Crippen LogP contribution < -0.4 is 0 Å². The molecular formula is C12H12F3N3O2. The number of halogens is 3. The van der Waals surface area contributed by atoms with E-state index in [0.29, 0.717) is 17.6 Å². The third-order valence-corrected chi connectivity index (χ3v) is 3.13. The minimum Gasteiger partial charge on any atom is -0.379 e. The molecule has 5 nitrogen and oxygen atoms in total. The van der Waals surface area contributed by atoms with Crippen LogP contribution in [0.15, 0.2) is 23.0 Å². The Bertz CT molecular complexity index is 601. The molecule has 1 N–H and O–H groups in total. The van der Waals surface area contributed by atoms with E-state index in [0.717, 1.165) is 12.8 Å². The quantitative estimate of drug-likeness (QED) is 0.937. The Hall–Kier alpha value is -1.83. The van der Waals surface area contributed by atoms with Gasteiger partial charge in [0, 0.05) is 23.9 Å². The number of alkyl halides is 3. The van der Waals surface area contributed by atoms with Crippen LogP contribution in [-0.4, -0.2) is 26.0 Å². The second-order valence-corrected chi connectivity index (χ2v) is 4.88. The third kappa shape index (κ3) is 2.69. The van der Waals surface area contributed by atoms with Crippen molar-refractivity contribution in [2.45, 2.75) is 37.6 Å². The van der Waals surface area contributed by atoms with E-state index in [-0.39, 0.29) is 12.1 Å². The summed E-state index contributed by atoms with van der Waals surface area (Å²) in [5, 5.41) is 12.9. The van der Waals surface area contributed by atoms with Gasteiger partial charge in [-0.15, -0.1) is 0 Å². The van der Waals surface area contributed by atoms with Crippen LogP contribution in [0.25, 0.3) is 0 Å². The molecule has 20 heavy (non-hydrogen) atoms. The van der Waals surface area contributed by atoms with Crippen LogP contribution in [0.3, 0.4) is 0 Å². The lowest BCUT2D eigenvalue weighted by molar-refractivity contribution is -0.206. The van der Waals surface area contributed by atoms with Crippen LogP contribution in [0, 0.1) is 0 Å². The second kappa shape index (κ2) is 4.62. The summed E-state index contributed by atoms with van der Waals surface area (Å²) in [4.78, 5) is 4.19. The summed E-state index contributed by atoms with van der Waals surface area (Å²) < 4.78 is 43.7. The average molecular weight is 287 g/mol. The molecule has 0 spiro atoms. The van der Waals surface area contributed by atoms with Crippen LogP contribution in [-0.2, 0) is 6.54 Å². The molecule has 2 heterocycles. The van der Waals surface area contributed by atoms with Gasteiger partial charge in [-0.1, -0.05) is 5.16 Å². The zero-order chi connectivity index (χ0) is 14.3. The van der Waals surface area contributed by atoms with Gasteiger partial charge in [-0.3, -0.25) is 0 Å². The molecule has 0 bridgehead atoms. The van der Waals surface area contributed by atoms with Gasteiger partial charge in [0.15, 0.2) is 11.9 Å². The Morgan fingerprint density at radius 1 is 1.45 bits per heavy atom. The van der Waals surface area contributed by atoms with Gasteiger partial charge in [-0.25, -0.2) is 0 Å². The topological polar surface area (TPSA) is 64.1 Å². The molecule has 2 aromatic rings. The second-order valence-electron chi connectivity index (χ2n) is 4.88. The number of hydrogen-bond acceptors (Lipinski definition) is 4. The summed E-state index contributed by atoms with van der Waals surface area (Å²) in [6.45, 7) is 0.209. The van der Waals surface area contributed by atoms with Gasteiger partial charge in [0.2, 0.25) is 5.89 Å². The van der Waals surface area contributed by atoms with Gasteiger partial charge >= 0.3 is 6.18 Å². The minimum absolute atomic E-state index is 0.205. The SMILES string of the molecule is OC(c1ccn(Cc2noc(C3CC3)n2)c1)C(F)(F)F. The maximum Gasteiger partial charge on any atom is 0.418 e. The van der Waals surface area contributed by atoms with Gasteiger partial charge in [-0.2, -0.15) is 18.2 Å². The highest BCUT2D eigenvalue weighted by Crippen LogP contribution is 2.38. The molecule has 0 amide bonds. The third-order valence-electron chi connectivity index (χ3n) is 3.13. The Labute approximate surface area is 112 Å². The van der Waals surface area contributed by atoms with Crippen LogP contribution in [0.1, 0.15) is 42.1 Å². The van der Waals surface area contributed by atoms with Crippen molar-refractivity contribution in [2.24, 2.45) is 0 Å². The Kier molecular flexibility index (Phi) is 3.04. The molecule has 1 atom stereocenters. The van der Waals surface area contributed by atoms with E-state index in [1.807, 2.05) is 0 Å². The summed E-state index contributed by atoms with van der Waals surface area (Å²) in [5.41, 5.74) is -0.205. The van der Waals surface area contributed by atoms with Crippen molar-refractivity contribution in [3.05, 3.63) is 35.7 Å². The molecule has 108 valence electrons. The van der Waals surface area contributed by atoms with Crippen molar-refractivity contribution in [2.75, 3.05) is 0 Å². The largest absolute Gasteiger partial charge is 0.418 e. The summed E-state index contributed by atoms with van der Waals surface area (Å²) in [6, 6.07) is 1.22. The normalized spacial score (nSPS) is 17.4. The molecule has 1 unspecified atom stereocenters. The minimum atomic E-state index is -4.67. The highest BCUT2D eigenvalue weighted by molar-refractivity contribution is 5.16. The van der Waals surface area contributed by atoms with E-state index in [1.54, 1.807) is 0 Å². The number of nitrogens with zero attached hydrogens (tertiary/aromatic N) is 3. The molecule has 1 fully saturated rings. The van der Waals surface area contributed by atoms with E-state index >= 15 is 0 Å². The zero-order valence-electron chi connectivity index (χ0n) is 10.3. The van der Waals surface area contributed by atoms with E-state index in [2.05, 4.69) is 10.1 Å². The predicted octanol–water partition coefficient (Wildman–Crippen LogP) is 2.39. The lowest BCUT2D eigenvalue weighted by atomic mass is 10.2. The molecule has 1 aliphatic carbocycles. The summed E-state index contributed by atoms with van der Waals surface area (Å²) >= 11 is 0. The molecule has 0 saturated heterocycles. The van der Waals surface area contributed by atoms with E-state index in [9.17, 15) is 13.2 Å². The molecule has 8 heteroatoms. The molecule has 3 rings (SSSR count). The van der Waals surface area contributed by atoms with Gasteiger partial charge in [0.25, 0.3) is 0 Å². The smallest absolute Gasteiger partial charge is 0.379 e. The molecule has 0 aromatic carbocycles. The van der Waals surface area contributed by atoms with Crippen molar-refractivity contribution >= 4 is 0 Å². The van der Waals surface area contributed by atoms with E-state index in [4.69, 9.17) is 9.63 Å². The van der Waals surface area contributed by atoms with E-state index < -0.39 is 12.3 Å². The maximum atomic E-state index is 12.4. The number of hydrogen-bond donors (Lipinski definition) is 1. The van der Waals surface area contributed by atoms with Crippen molar-refractivity contribution in [3.63, 3.8) is 0 Å². The fourth-order valence-electron chi connectivity index (χ4n) is 1.90. The summed E-state index contributed by atoms with van der Waals surface area (Å²) in [5.74, 6) is 1.33. The number of aromatic nitrogens is 3. The first-order chi connectivity index (χ1) is 9.43. The van der Waals surface area contributed by atoms with Gasteiger partial charge in [0.05, 0.1) is 6.54 Å². The van der Waals surface area contributed by atoms with Gasteiger partial charge in [-0.05, 0) is 18.9 Å². The molecule has 0 aliphatic heterocycles. The van der Waals surface area contributed by atoms with E-state index in [1.165, 1.54) is 23.0 Å². The number of aliphatic hydroxyl groups excluding tert-OH is 1. The molecule has 2 aromatic heterocycles. The zero-order valence-corrected chi connectivity index (χ0v) is 10.3. The predicted molar refractivity (Wildman–Crippen MR) is 60.8 cm³/mol. The van der Waals surface area contributed by atoms with Crippen molar-refractivity contribution in [1.29, 1.82) is 0 Å². The first-order valence-corrected chi connectivity index (χ1v) is 6.16. The lowest BCUT2D eigenvalue weighted by Gasteiger charge is -2.12. The first kappa shape index (κ1) is 13.2. The highest BCUT2D eigenvalue weighted by atomic mass is 19.4. The number of aliphatic hydroxyl groups is 1. The highest BCUT2D eigenvalue weighted by Gasteiger charge is 2.39. The molecule has 1 aliphatic rings. The number of rotatable bonds is 4. The van der Waals surface area contributed by atoms with Gasteiger partial charge < -0.3 is 14.2 Å². The standard InChI is InChI=1S/C12H12F3N3O2/c13-12(14,15)10(19)8-3-4-18(5-8)6-9-16-11(20-17-9)7-1-2-7/h3-5,7,10,19H,1-2,6H2.